The molecule has 0 saturated carbocycles. The summed E-state index contributed by atoms with van der Waals surface area (Å²) in [7, 11) is 1.69. The van der Waals surface area contributed by atoms with Crippen LogP contribution in [0.4, 0.5) is 4.79 Å². The van der Waals surface area contributed by atoms with Crippen molar-refractivity contribution in [3.63, 3.8) is 0 Å². The minimum absolute atomic E-state index is 0.0533. The van der Waals surface area contributed by atoms with Crippen molar-refractivity contribution in [2.45, 2.75) is 52.1 Å². The molecule has 1 rings (SSSR count). The first kappa shape index (κ1) is 20.0. The van der Waals surface area contributed by atoms with Crippen molar-refractivity contribution in [3.05, 3.63) is 35.9 Å². The predicted molar refractivity (Wildman–Crippen MR) is 95.6 cm³/mol. The Kier molecular flexibility index (Phi) is 10.3. The van der Waals surface area contributed by atoms with Gasteiger partial charge < -0.3 is 15.0 Å². The molecule has 134 valence electrons. The molecule has 0 aromatic heterocycles. The van der Waals surface area contributed by atoms with Crippen LogP contribution in [0.3, 0.4) is 0 Å². The lowest BCUT2D eigenvalue weighted by Crippen LogP contribution is -2.30. The second kappa shape index (κ2) is 12.4. The van der Waals surface area contributed by atoms with Crippen molar-refractivity contribution in [3.8, 4) is 0 Å². The summed E-state index contributed by atoms with van der Waals surface area (Å²) in [6, 6.07) is 9.57. The number of nitrogens with one attached hydrogen (secondary N) is 1. The lowest BCUT2D eigenvalue weighted by atomic mass is 10.2. The van der Waals surface area contributed by atoms with Crippen molar-refractivity contribution in [2.24, 2.45) is 0 Å². The van der Waals surface area contributed by atoms with E-state index in [1.54, 1.807) is 7.05 Å². The monoisotopic (exact) mass is 334 g/mol. The third-order valence-electron chi connectivity index (χ3n) is 3.77. The van der Waals surface area contributed by atoms with Gasteiger partial charge in [-0.15, -0.1) is 0 Å². The van der Waals surface area contributed by atoms with Crippen molar-refractivity contribution in [2.75, 3.05) is 20.1 Å². The zero-order valence-electron chi connectivity index (χ0n) is 14.9. The molecule has 2 amide bonds. The lowest BCUT2D eigenvalue weighted by Gasteiger charge is -2.16. The summed E-state index contributed by atoms with van der Waals surface area (Å²) in [5.74, 6) is 0.0533. The van der Waals surface area contributed by atoms with E-state index in [4.69, 9.17) is 4.74 Å². The molecule has 0 aliphatic rings. The number of carbonyl (C=O) groups excluding carboxylic acids is 2. The molecule has 0 aliphatic carbocycles. The Morgan fingerprint density at radius 2 is 1.83 bits per heavy atom. The van der Waals surface area contributed by atoms with Gasteiger partial charge in [0.15, 0.2) is 0 Å². The van der Waals surface area contributed by atoms with E-state index >= 15 is 0 Å². The number of nitrogens with zero attached hydrogens (tertiary/aromatic N) is 1. The van der Waals surface area contributed by atoms with E-state index in [9.17, 15) is 9.59 Å². The number of hydrogen-bond acceptors (Lipinski definition) is 3. The standard InChI is InChI=1S/C19H30N2O3/c1-3-4-5-9-14-20-18(22)13-10-15-21(2)19(23)24-16-17-11-7-6-8-12-17/h6-8,11-12H,3-5,9-10,13-16H2,1-2H3,(H,20,22). The van der Waals surface area contributed by atoms with Gasteiger partial charge in [0.1, 0.15) is 6.61 Å². The summed E-state index contributed by atoms with van der Waals surface area (Å²) in [6.07, 6.45) is 5.31. The second-order valence-electron chi connectivity index (χ2n) is 5.98. The first-order chi connectivity index (χ1) is 11.6. The molecule has 0 radical (unpaired) electrons. The number of carbonyl (C=O) groups is 2. The first-order valence-corrected chi connectivity index (χ1v) is 8.82. The maximum Gasteiger partial charge on any atom is 0.409 e. The maximum atomic E-state index is 11.9. The Morgan fingerprint density at radius 3 is 2.54 bits per heavy atom. The van der Waals surface area contributed by atoms with Crippen LogP contribution < -0.4 is 5.32 Å². The van der Waals surface area contributed by atoms with E-state index in [-0.39, 0.29) is 18.6 Å². The Hall–Kier alpha value is -2.04. The smallest absolute Gasteiger partial charge is 0.409 e. The van der Waals surface area contributed by atoms with E-state index in [1.165, 1.54) is 17.7 Å². The quantitative estimate of drug-likeness (QED) is 0.627. The van der Waals surface area contributed by atoms with Gasteiger partial charge in [0.2, 0.25) is 5.91 Å². The molecule has 0 unspecified atom stereocenters. The van der Waals surface area contributed by atoms with Crippen LogP contribution in [0.2, 0.25) is 0 Å². The molecule has 24 heavy (non-hydrogen) atoms. The van der Waals surface area contributed by atoms with Gasteiger partial charge in [0.05, 0.1) is 0 Å². The van der Waals surface area contributed by atoms with Gasteiger partial charge >= 0.3 is 6.09 Å². The van der Waals surface area contributed by atoms with Gasteiger partial charge in [-0.25, -0.2) is 4.79 Å². The number of benzene rings is 1. The normalized spacial score (nSPS) is 10.2. The molecule has 0 saturated heterocycles. The summed E-state index contributed by atoms with van der Waals surface area (Å²) in [5.41, 5.74) is 0.960. The summed E-state index contributed by atoms with van der Waals surface area (Å²) in [6.45, 7) is 3.69. The van der Waals surface area contributed by atoms with Crippen LogP contribution in [0.1, 0.15) is 51.0 Å². The molecule has 1 aromatic carbocycles. The van der Waals surface area contributed by atoms with Crippen LogP contribution in [0, 0.1) is 0 Å². The average Bonchev–Trinajstić information content (AvgIpc) is 2.60. The van der Waals surface area contributed by atoms with Crippen LogP contribution in [0.15, 0.2) is 30.3 Å². The number of hydrogen-bond donors (Lipinski definition) is 1. The molecule has 5 nitrogen and oxygen atoms in total. The van der Waals surface area contributed by atoms with Gasteiger partial charge in [-0.2, -0.15) is 0 Å². The van der Waals surface area contributed by atoms with E-state index in [0.29, 0.717) is 19.4 Å². The maximum absolute atomic E-state index is 11.9. The molecule has 0 aliphatic heterocycles. The third kappa shape index (κ3) is 9.18. The molecule has 1 N–H and O–H groups in total. The Bertz CT molecular complexity index is 477. The first-order valence-electron chi connectivity index (χ1n) is 8.82. The molecule has 0 bridgehead atoms. The van der Waals surface area contributed by atoms with E-state index in [2.05, 4.69) is 12.2 Å². The highest BCUT2D eigenvalue weighted by Gasteiger charge is 2.10. The molecule has 1 aromatic rings. The number of ether oxygens (including phenoxy) is 1. The number of amides is 2. The molecule has 0 atom stereocenters. The third-order valence-corrected chi connectivity index (χ3v) is 3.77. The van der Waals surface area contributed by atoms with E-state index in [1.807, 2.05) is 30.3 Å². The van der Waals surface area contributed by atoms with Crippen LogP contribution in [0.5, 0.6) is 0 Å². The summed E-state index contributed by atoms with van der Waals surface area (Å²) < 4.78 is 5.24. The fourth-order valence-electron chi connectivity index (χ4n) is 2.27. The topological polar surface area (TPSA) is 58.6 Å². The summed E-state index contributed by atoms with van der Waals surface area (Å²) in [4.78, 5) is 25.1. The number of rotatable bonds is 11. The van der Waals surface area contributed by atoms with Crippen LogP contribution in [0.25, 0.3) is 0 Å². The second-order valence-corrected chi connectivity index (χ2v) is 5.98. The highest BCUT2D eigenvalue weighted by atomic mass is 16.6. The summed E-state index contributed by atoms with van der Waals surface area (Å²) in [5, 5.41) is 2.92. The molecular formula is C19H30N2O3. The van der Waals surface area contributed by atoms with Crippen LogP contribution in [-0.2, 0) is 16.1 Å². The Labute approximate surface area is 145 Å². The molecule has 0 heterocycles. The molecule has 5 heteroatoms. The Morgan fingerprint density at radius 1 is 1.08 bits per heavy atom. The highest BCUT2D eigenvalue weighted by molar-refractivity contribution is 5.75. The van der Waals surface area contributed by atoms with Crippen molar-refractivity contribution in [1.29, 1.82) is 0 Å². The van der Waals surface area contributed by atoms with Gasteiger partial charge in [-0.3, -0.25) is 4.79 Å². The van der Waals surface area contributed by atoms with Gasteiger partial charge in [-0.05, 0) is 18.4 Å². The lowest BCUT2D eigenvalue weighted by molar-refractivity contribution is -0.121. The largest absolute Gasteiger partial charge is 0.445 e. The molecular weight excluding hydrogens is 304 g/mol. The minimum atomic E-state index is -0.362. The fourth-order valence-corrected chi connectivity index (χ4v) is 2.27. The SMILES string of the molecule is CCCCCCNC(=O)CCCN(C)C(=O)OCc1ccccc1. The van der Waals surface area contributed by atoms with Crippen LogP contribution >= 0.6 is 0 Å². The minimum Gasteiger partial charge on any atom is -0.445 e. The predicted octanol–water partition coefficient (Wildman–Crippen LogP) is 3.73. The fraction of sp³-hybridized carbons (Fsp3) is 0.579. The van der Waals surface area contributed by atoms with E-state index < -0.39 is 0 Å². The summed E-state index contributed by atoms with van der Waals surface area (Å²) >= 11 is 0. The highest BCUT2D eigenvalue weighted by Crippen LogP contribution is 2.03. The molecule has 0 spiro atoms. The zero-order valence-corrected chi connectivity index (χ0v) is 14.9. The van der Waals surface area contributed by atoms with Crippen molar-refractivity contribution in [1.82, 2.24) is 10.2 Å². The van der Waals surface area contributed by atoms with Crippen molar-refractivity contribution < 1.29 is 14.3 Å². The van der Waals surface area contributed by atoms with Crippen LogP contribution in [-0.4, -0.2) is 37.0 Å². The van der Waals surface area contributed by atoms with E-state index in [0.717, 1.165) is 24.9 Å². The van der Waals surface area contributed by atoms with Gasteiger partial charge in [-0.1, -0.05) is 56.5 Å². The van der Waals surface area contributed by atoms with Crippen molar-refractivity contribution >= 4 is 12.0 Å². The van der Waals surface area contributed by atoms with Gasteiger partial charge in [0.25, 0.3) is 0 Å². The number of unbranched alkanes of at least 4 members (excludes halogenated alkanes) is 3. The van der Waals surface area contributed by atoms with Gasteiger partial charge in [0, 0.05) is 26.6 Å². The Balaban J connectivity index is 2.08. The zero-order chi connectivity index (χ0) is 17.6. The average molecular weight is 334 g/mol. The molecule has 0 fully saturated rings.